The maximum atomic E-state index is 13.8. The number of carbonyl (C=O) groups excluding carboxylic acids is 1. The molecule has 0 spiro atoms. The molecule has 1 aliphatic carbocycles. The molecule has 0 unspecified atom stereocenters. The second kappa shape index (κ2) is 8.01. The van der Waals surface area contributed by atoms with Gasteiger partial charge in [-0.15, -0.1) is 0 Å². The minimum atomic E-state index is -6.79. The second-order valence-electron chi connectivity index (χ2n) is 6.49. The summed E-state index contributed by atoms with van der Waals surface area (Å²) < 4.78 is 108. The number of benzene rings is 1. The molecule has 1 fully saturated rings. The molecule has 0 radical (unpaired) electrons. The molecule has 1 aliphatic rings. The summed E-state index contributed by atoms with van der Waals surface area (Å²) in [4.78, 5) is 12.9. The monoisotopic (exact) mass is 450 g/mol. The van der Waals surface area contributed by atoms with E-state index in [-0.39, 0.29) is 5.92 Å². The van der Waals surface area contributed by atoms with E-state index in [0.717, 1.165) is 49.8 Å². The Bertz CT molecular complexity index is 834. The Morgan fingerprint density at radius 2 is 1.48 bits per heavy atom. The van der Waals surface area contributed by atoms with Crippen LogP contribution < -0.4 is 4.18 Å². The summed E-state index contributed by atoms with van der Waals surface area (Å²) in [7, 11) is -6.69. The van der Waals surface area contributed by atoms with Crippen LogP contribution in [0.2, 0.25) is 0 Å². The Morgan fingerprint density at radius 1 is 0.966 bits per heavy atom. The first-order chi connectivity index (χ1) is 13.3. The first-order valence-corrected chi connectivity index (χ1v) is 9.72. The molecule has 1 N–H and O–H groups in total. The van der Waals surface area contributed by atoms with Gasteiger partial charge in [-0.3, -0.25) is 4.89 Å². The molecule has 2 rings (SSSR count). The van der Waals surface area contributed by atoms with Gasteiger partial charge < -0.3 is 4.18 Å². The topological polar surface area (TPSA) is 89.9 Å². The molecule has 1 saturated carbocycles. The predicted molar refractivity (Wildman–Crippen MR) is 85.4 cm³/mol. The van der Waals surface area contributed by atoms with Gasteiger partial charge in [0.2, 0.25) is 0 Å². The Morgan fingerprint density at radius 3 is 1.97 bits per heavy atom. The Balaban J connectivity index is 2.25. The van der Waals surface area contributed by atoms with Crippen molar-refractivity contribution in [2.75, 3.05) is 0 Å². The van der Waals surface area contributed by atoms with Crippen molar-refractivity contribution in [2.24, 2.45) is 0 Å². The maximum absolute atomic E-state index is 13.8. The largest absolute Gasteiger partial charge is 0.449 e. The van der Waals surface area contributed by atoms with Gasteiger partial charge in [-0.2, -0.15) is 40.0 Å². The van der Waals surface area contributed by atoms with E-state index in [9.17, 15) is 39.6 Å². The number of hydrogen-bond donors (Lipinski definition) is 1. The quantitative estimate of drug-likeness (QED) is 0.288. The van der Waals surface area contributed by atoms with Crippen LogP contribution in [0, 0.1) is 0 Å². The van der Waals surface area contributed by atoms with E-state index in [0.29, 0.717) is 0 Å². The zero-order valence-corrected chi connectivity index (χ0v) is 15.4. The standard InChI is InChI=1S/C16H16F6O6S/c17-14(18,13(23)27-24)15(19,20)16(21,22)29(25,26)28-12-8-6-11(7-9-12)10-4-2-1-3-5-10/h6-10,24H,1-5H2. The van der Waals surface area contributed by atoms with Gasteiger partial charge in [-0.25, -0.2) is 4.79 Å². The summed E-state index contributed by atoms with van der Waals surface area (Å²) in [6, 6.07) is 4.56. The van der Waals surface area contributed by atoms with Crippen LogP contribution in [0.4, 0.5) is 26.3 Å². The fourth-order valence-corrected chi connectivity index (χ4v) is 3.85. The molecule has 29 heavy (non-hydrogen) atoms. The summed E-state index contributed by atoms with van der Waals surface area (Å²) in [5.74, 6) is -17.3. The third kappa shape index (κ3) is 4.15. The fourth-order valence-electron chi connectivity index (χ4n) is 2.94. The molecule has 1 aromatic rings. The first kappa shape index (κ1) is 23.3. The molecule has 13 heteroatoms. The van der Waals surface area contributed by atoms with Crippen LogP contribution in [-0.4, -0.2) is 36.7 Å². The Kier molecular flexibility index (Phi) is 6.43. The van der Waals surface area contributed by atoms with Gasteiger partial charge in [0, 0.05) is 0 Å². The molecule has 0 saturated heterocycles. The number of rotatable bonds is 7. The summed E-state index contributed by atoms with van der Waals surface area (Å²) in [5, 5.41) is 1.24. The third-order valence-electron chi connectivity index (χ3n) is 4.58. The molecule has 0 heterocycles. The normalized spacial score (nSPS) is 17.1. The van der Waals surface area contributed by atoms with Crippen LogP contribution in [0.3, 0.4) is 0 Å². The van der Waals surface area contributed by atoms with Crippen molar-refractivity contribution in [3.63, 3.8) is 0 Å². The van der Waals surface area contributed by atoms with Gasteiger partial charge in [0.15, 0.2) is 0 Å². The number of halogens is 6. The average molecular weight is 450 g/mol. The highest BCUT2D eigenvalue weighted by Gasteiger charge is 2.82. The van der Waals surface area contributed by atoms with E-state index in [4.69, 9.17) is 5.26 Å². The minimum Gasteiger partial charge on any atom is -0.378 e. The number of carbonyl (C=O) groups is 1. The average Bonchev–Trinajstić information content (AvgIpc) is 2.67. The lowest BCUT2D eigenvalue weighted by atomic mass is 9.84. The highest BCUT2D eigenvalue weighted by molar-refractivity contribution is 7.88. The Labute approximate surface area is 161 Å². The van der Waals surface area contributed by atoms with Crippen molar-refractivity contribution >= 4 is 16.1 Å². The Hall–Kier alpha value is -2.02. The van der Waals surface area contributed by atoms with Crippen LogP contribution >= 0.6 is 0 Å². The SMILES string of the molecule is O=C(OO)C(F)(F)C(F)(F)C(F)(F)S(=O)(=O)Oc1ccc(C2CCCCC2)cc1. The van der Waals surface area contributed by atoms with Crippen LogP contribution in [0.25, 0.3) is 0 Å². The third-order valence-corrected chi connectivity index (χ3v) is 5.87. The lowest BCUT2D eigenvalue weighted by Gasteiger charge is -2.29. The van der Waals surface area contributed by atoms with E-state index >= 15 is 0 Å². The summed E-state index contributed by atoms with van der Waals surface area (Å²) in [6.45, 7) is 0. The van der Waals surface area contributed by atoms with Gasteiger partial charge >= 0.3 is 33.2 Å². The highest BCUT2D eigenvalue weighted by Crippen LogP contribution is 2.49. The fraction of sp³-hybridized carbons (Fsp3) is 0.562. The first-order valence-electron chi connectivity index (χ1n) is 8.31. The van der Waals surface area contributed by atoms with Gasteiger partial charge in [-0.1, -0.05) is 31.4 Å². The van der Waals surface area contributed by atoms with Crippen LogP contribution in [-0.2, 0) is 19.8 Å². The number of hydrogen-bond acceptors (Lipinski definition) is 6. The summed E-state index contributed by atoms with van der Waals surface area (Å²) in [5.41, 5.74) is 0.753. The van der Waals surface area contributed by atoms with Crippen molar-refractivity contribution in [3.8, 4) is 5.75 Å². The predicted octanol–water partition coefficient (Wildman–Crippen LogP) is 4.32. The van der Waals surface area contributed by atoms with Gasteiger partial charge in [0.25, 0.3) is 0 Å². The maximum Gasteiger partial charge on any atom is 0.449 e. The summed E-state index contributed by atoms with van der Waals surface area (Å²) in [6.07, 6.45) is 4.73. The zero-order chi connectivity index (χ0) is 22.1. The lowest BCUT2D eigenvalue weighted by molar-refractivity contribution is -0.309. The van der Waals surface area contributed by atoms with Crippen LogP contribution in [0.1, 0.15) is 43.6 Å². The van der Waals surface area contributed by atoms with E-state index in [1.54, 1.807) is 0 Å². The molecule has 0 amide bonds. The minimum absolute atomic E-state index is 0.156. The smallest absolute Gasteiger partial charge is 0.378 e. The lowest BCUT2D eigenvalue weighted by Crippen LogP contribution is -2.61. The van der Waals surface area contributed by atoms with Crippen molar-refractivity contribution in [3.05, 3.63) is 29.8 Å². The van der Waals surface area contributed by atoms with Gasteiger partial charge in [-0.05, 0) is 36.5 Å². The van der Waals surface area contributed by atoms with E-state index in [2.05, 4.69) is 9.07 Å². The van der Waals surface area contributed by atoms with E-state index in [1.807, 2.05) is 0 Å². The van der Waals surface area contributed by atoms with E-state index in [1.165, 1.54) is 12.1 Å². The van der Waals surface area contributed by atoms with Crippen molar-refractivity contribution < 1.29 is 53.9 Å². The molecule has 164 valence electrons. The van der Waals surface area contributed by atoms with Crippen molar-refractivity contribution in [1.29, 1.82) is 0 Å². The van der Waals surface area contributed by atoms with Crippen LogP contribution in [0.5, 0.6) is 5.75 Å². The second-order valence-corrected chi connectivity index (χ2v) is 8.07. The molecule has 0 aliphatic heterocycles. The van der Waals surface area contributed by atoms with E-state index < -0.39 is 38.9 Å². The molecule has 1 aromatic carbocycles. The summed E-state index contributed by atoms with van der Waals surface area (Å²) >= 11 is 0. The molecule has 6 nitrogen and oxygen atoms in total. The van der Waals surface area contributed by atoms with Crippen molar-refractivity contribution in [2.45, 2.75) is 55.1 Å². The highest BCUT2D eigenvalue weighted by atomic mass is 32.2. The molecule has 0 aromatic heterocycles. The molecule has 0 bridgehead atoms. The van der Waals surface area contributed by atoms with Gasteiger partial charge in [0.1, 0.15) is 5.75 Å². The number of alkyl halides is 6. The zero-order valence-electron chi connectivity index (χ0n) is 14.6. The van der Waals surface area contributed by atoms with Crippen molar-refractivity contribution in [1.82, 2.24) is 0 Å². The molecular weight excluding hydrogens is 434 g/mol. The molecular formula is C16H16F6O6S. The molecule has 0 atom stereocenters. The van der Waals surface area contributed by atoms with Crippen LogP contribution in [0.15, 0.2) is 24.3 Å². The van der Waals surface area contributed by atoms with Gasteiger partial charge in [0.05, 0.1) is 0 Å².